The summed E-state index contributed by atoms with van der Waals surface area (Å²) >= 11 is 0. The van der Waals surface area contributed by atoms with Crippen LogP contribution in [0.25, 0.3) is 0 Å². The molecule has 0 bridgehead atoms. The molecule has 0 amide bonds. The maximum Gasteiger partial charge on any atom is 0.283 e. The van der Waals surface area contributed by atoms with Crippen LogP contribution in [-0.4, -0.2) is 10.2 Å². The van der Waals surface area contributed by atoms with Crippen LogP contribution in [-0.2, 0) is 5.85 Å². The van der Waals surface area contributed by atoms with Crippen molar-refractivity contribution in [2.75, 3.05) is 0 Å². The van der Waals surface area contributed by atoms with Crippen molar-refractivity contribution in [2.24, 2.45) is 9.98 Å². The number of aromatic hydroxyl groups is 1. The Balaban J connectivity index is 2.25. The highest BCUT2D eigenvalue weighted by Crippen LogP contribution is 2.24. The van der Waals surface area contributed by atoms with E-state index in [1.54, 1.807) is 36.4 Å². The van der Waals surface area contributed by atoms with Crippen LogP contribution in [0, 0.1) is 0 Å². The molecule has 0 aliphatic carbocycles. The summed E-state index contributed by atoms with van der Waals surface area (Å²) in [5, 5.41) is 20.8. The highest BCUT2D eigenvalue weighted by molar-refractivity contribution is 5.27. The van der Waals surface area contributed by atoms with Gasteiger partial charge in [-0.1, -0.05) is 36.4 Å². The third kappa shape index (κ3) is 1.50. The SMILES string of the molecule is Oc1cccc2c1=NC(O)(c1ccccc1)N=2. The zero-order valence-corrected chi connectivity index (χ0v) is 8.91. The monoisotopic (exact) mass is 226 g/mol. The average Bonchev–Trinajstić information content (AvgIpc) is 2.70. The third-order valence-electron chi connectivity index (χ3n) is 2.70. The normalized spacial score (nSPS) is 21.5. The van der Waals surface area contributed by atoms with Gasteiger partial charge in [-0.25, -0.2) is 9.98 Å². The summed E-state index contributed by atoms with van der Waals surface area (Å²) in [6.45, 7) is 0. The maximum absolute atomic E-state index is 10.4. The number of nitrogens with zero attached hydrogens (tertiary/aromatic N) is 2. The largest absolute Gasteiger partial charge is 0.506 e. The van der Waals surface area contributed by atoms with Crippen molar-refractivity contribution < 1.29 is 10.2 Å². The van der Waals surface area contributed by atoms with Crippen molar-refractivity contribution in [2.45, 2.75) is 5.85 Å². The molecule has 2 N–H and O–H groups in total. The van der Waals surface area contributed by atoms with Crippen molar-refractivity contribution in [1.82, 2.24) is 0 Å². The van der Waals surface area contributed by atoms with Crippen molar-refractivity contribution >= 4 is 0 Å². The fourth-order valence-electron chi connectivity index (χ4n) is 1.86. The Labute approximate surface area is 97.2 Å². The Bertz CT molecular complexity index is 682. The Morgan fingerprint density at radius 3 is 2.35 bits per heavy atom. The summed E-state index contributed by atoms with van der Waals surface area (Å²) in [5.41, 5.74) is 0.579. The molecular formula is C13H10N2O2. The van der Waals surface area contributed by atoms with Gasteiger partial charge in [0.25, 0.3) is 5.85 Å². The Hall–Kier alpha value is -2.20. The summed E-state index contributed by atoms with van der Waals surface area (Å²) in [5.74, 6) is -1.60. The highest BCUT2D eigenvalue weighted by Gasteiger charge is 2.30. The molecule has 1 aliphatic heterocycles. The van der Waals surface area contributed by atoms with Crippen LogP contribution in [0.2, 0.25) is 0 Å². The lowest BCUT2D eigenvalue weighted by molar-refractivity contribution is 0.0544. The summed E-state index contributed by atoms with van der Waals surface area (Å²) in [4.78, 5) is 8.24. The van der Waals surface area contributed by atoms with Crippen LogP contribution in [0.15, 0.2) is 58.5 Å². The van der Waals surface area contributed by atoms with Gasteiger partial charge in [-0.15, -0.1) is 0 Å². The molecule has 4 heteroatoms. The molecule has 0 aromatic heterocycles. The Kier molecular flexibility index (Phi) is 2.00. The number of benzene rings is 2. The van der Waals surface area contributed by atoms with Gasteiger partial charge in [0.1, 0.15) is 11.1 Å². The van der Waals surface area contributed by atoms with Gasteiger partial charge < -0.3 is 10.2 Å². The summed E-state index contributed by atoms with van der Waals surface area (Å²) in [7, 11) is 0. The topological polar surface area (TPSA) is 65.2 Å². The van der Waals surface area contributed by atoms with E-state index in [1.165, 1.54) is 6.07 Å². The molecule has 0 saturated heterocycles. The molecule has 2 aromatic rings. The molecule has 1 heterocycles. The second kappa shape index (κ2) is 3.40. The minimum atomic E-state index is -1.62. The standard InChI is InChI=1S/C13H10N2O2/c16-11-8-4-7-10-12(11)15-13(17,14-10)9-5-2-1-3-6-9/h1-8,16-17H. The molecule has 84 valence electrons. The van der Waals surface area contributed by atoms with Gasteiger partial charge in [-0.2, -0.15) is 0 Å². The fourth-order valence-corrected chi connectivity index (χ4v) is 1.86. The van der Waals surface area contributed by atoms with Gasteiger partial charge in [-0.05, 0) is 12.1 Å². The fraction of sp³-hybridized carbons (Fsp3) is 0.0769. The number of rotatable bonds is 1. The predicted molar refractivity (Wildman–Crippen MR) is 60.8 cm³/mol. The minimum absolute atomic E-state index is 0.0260. The van der Waals surface area contributed by atoms with Gasteiger partial charge in [0.05, 0.1) is 5.36 Å². The number of phenolic OH excluding ortho intramolecular Hbond substituents is 1. The Morgan fingerprint density at radius 1 is 0.882 bits per heavy atom. The summed E-state index contributed by atoms with van der Waals surface area (Å²) in [6.07, 6.45) is 0. The first kappa shape index (κ1) is 9.99. The van der Waals surface area contributed by atoms with E-state index < -0.39 is 5.85 Å². The first-order chi connectivity index (χ1) is 8.19. The molecular weight excluding hydrogens is 216 g/mol. The number of aliphatic hydroxyl groups is 1. The number of fused-ring (bicyclic) bond motifs is 1. The van der Waals surface area contributed by atoms with Gasteiger partial charge in [-0.3, -0.25) is 0 Å². The number of para-hydroxylation sites is 1. The summed E-state index contributed by atoms with van der Waals surface area (Å²) < 4.78 is 0. The van der Waals surface area contributed by atoms with Crippen LogP contribution < -0.4 is 10.7 Å². The van der Waals surface area contributed by atoms with E-state index in [9.17, 15) is 10.2 Å². The second-order valence-corrected chi connectivity index (χ2v) is 3.87. The third-order valence-corrected chi connectivity index (χ3v) is 2.70. The average molecular weight is 226 g/mol. The van der Waals surface area contributed by atoms with Crippen LogP contribution in [0.5, 0.6) is 5.75 Å². The summed E-state index contributed by atoms with van der Waals surface area (Å²) in [6, 6.07) is 13.9. The minimum Gasteiger partial charge on any atom is -0.506 e. The Morgan fingerprint density at radius 2 is 1.65 bits per heavy atom. The van der Waals surface area contributed by atoms with Crippen molar-refractivity contribution in [3.63, 3.8) is 0 Å². The molecule has 17 heavy (non-hydrogen) atoms. The molecule has 4 nitrogen and oxygen atoms in total. The van der Waals surface area contributed by atoms with Gasteiger partial charge in [0.2, 0.25) is 0 Å². The molecule has 1 unspecified atom stereocenters. The molecule has 1 aliphatic rings. The predicted octanol–water partition coefficient (Wildman–Crippen LogP) is 0.448. The molecule has 0 spiro atoms. The lowest BCUT2D eigenvalue weighted by Crippen LogP contribution is -2.20. The van der Waals surface area contributed by atoms with Crippen molar-refractivity contribution in [3.05, 3.63) is 64.8 Å². The number of hydrogen-bond donors (Lipinski definition) is 2. The van der Waals surface area contributed by atoms with Gasteiger partial charge >= 0.3 is 0 Å². The quantitative estimate of drug-likeness (QED) is 0.741. The second-order valence-electron chi connectivity index (χ2n) is 3.87. The van der Waals surface area contributed by atoms with Gasteiger partial charge in [0, 0.05) is 5.56 Å². The van der Waals surface area contributed by atoms with E-state index >= 15 is 0 Å². The van der Waals surface area contributed by atoms with E-state index in [0.29, 0.717) is 16.3 Å². The van der Waals surface area contributed by atoms with Crippen LogP contribution in [0.3, 0.4) is 0 Å². The van der Waals surface area contributed by atoms with E-state index in [2.05, 4.69) is 9.98 Å². The van der Waals surface area contributed by atoms with E-state index in [4.69, 9.17) is 0 Å². The van der Waals surface area contributed by atoms with Crippen LogP contribution in [0.1, 0.15) is 5.56 Å². The van der Waals surface area contributed by atoms with Crippen molar-refractivity contribution in [3.8, 4) is 5.75 Å². The smallest absolute Gasteiger partial charge is 0.283 e. The zero-order valence-electron chi connectivity index (χ0n) is 8.91. The van der Waals surface area contributed by atoms with E-state index in [-0.39, 0.29) is 5.75 Å². The zero-order chi connectivity index (χ0) is 11.9. The number of hydrogen-bond acceptors (Lipinski definition) is 4. The lowest BCUT2D eigenvalue weighted by atomic mass is 10.1. The highest BCUT2D eigenvalue weighted by atomic mass is 16.3. The first-order valence-electron chi connectivity index (χ1n) is 5.25. The first-order valence-corrected chi connectivity index (χ1v) is 5.25. The van der Waals surface area contributed by atoms with Crippen LogP contribution >= 0.6 is 0 Å². The lowest BCUT2D eigenvalue weighted by Gasteiger charge is -2.15. The molecule has 0 fully saturated rings. The van der Waals surface area contributed by atoms with E-state index in [0.717, 1.165) is 0 Å². The molecule has 2 aromatic carbocycles. The molecule has 0 radical (unpaired) electrons. The maximum atomic E-state index is 10.4. The molecule has 1 atom stereocenters. The van der Waals surface area contributed by atoms with Crippen molar-refractivity contribution in [1.29, 1.82) is 0 Å². The van der Waals surface area contributed by atoms with Crippen LogP contribution in [0.4, 0.5) is 0 Å². The molecule has 3 rings (SSSR count). The van der Waals surface area contributed by atoms with E-state index in [1.807, 2.05) is 6.07 Å². The number of phenols is 1. The van der Waals surface area contributed by atoms with Gasteiger partial charge in [0.15, 0.2) is 0 Å². The molecule has 0 saturated carbocycles.